The van der Waals surface area contributed by atoms with E-state index in [9.17, 15) is 4.39 Å². The van der Waals surface area contributed by atoms with Crippen molar-refractivity contribution in [2.24, 2.45) is 0 Å². The lowest BCUT2D eigenvalue weighted by molar-refractivity contribution is 0.0887. The van der Waals surface area contributed by atoms with E-state index in [1.807, 2.05) is 41.2 Å². The monoisotopic (exact) mass is 419 g/mol. The third kappa shape index (κ3) is 4.65. The second kappa shape index (κ2) is 9.20. The highest BCUT2D eigenvalue weighted by Crippen LogP contribution is 2.23. The molecule has 0 radical (unpaired) electrons. The number of piperazine rings is 1. The van der Waals surface area contributed by atoms with E-state index in [4.69, 9.17) is 0 Å². The molecule has 2 aliphatic rings. The van der Waals surface area contributed by atoms with Crippen molar-refractivity contribution in [3.63, 3.8) is 0 Å². The molecule has 0 aliphatic carbocycles. The van der Waals surface area contributed by atoms with Crippen molar-refractivity contribution < 1.29 is 4.39 Å². The van der Waals surface area contributed by atoms with Crippen molar-refractivity contribution in [3.05, 3.63) is 78.4 Å². The molecule has 5 rings (SSSR count). The van der Waals surface area contributed by atoms with Gasteiger partial charge in [-0.25, -0.2) is 9.07 Å². The Kier molecular flexibility index (Phi) is 6.00. The van der Waals surface area contributed by atoms with E-state index in [1.165, 1.54) is 18.4 Å². The van der Waals surface area contributed by atoms with Gasteiger partial charge in [-0.2, -0.15) is 5.10 Å². The molecule has 0 spiro atoms. The summed E-state index contributed by atoms with van der Waals surface area (Å²) in [6.45, 7) is 6.96. The molecule has 2 saturated heterocycles. The number of benzene rings is 2. The smallest absolute Gasteiger partial charge is 0.146 e. The molecule has 0 N–H and O–H groups in total. The Balaban J connectivity index is 1.16. The molecule has 2 fully saturated rings. The van der Waals surface area contributed by atoms with Crippen LogP contribution in [0.5, 0.6) is 0 Å². The van der Waals surface area contributed by atoms with Crippen LogP contribution in [0.1, 0.15) is 18.4 Å². The SMILES string of the molecule is Fc1ccccc1N1CCN([C@@H]2CCCN(Cc3cnn(-c4ccccc4)c3)C2)CC1. The number of para-hydroxylation sites is 2. The van der Waals surface area contributed by atoms with Gasteiger partial charge in [0.2, 0.25) is 0 Å². The summed E-state index contributed by atoms with van der Waals surface area (Å²) in [4.78, 5) is 7.35. The maximum absolute atomic E-state index is 14.1. The zero-order valence-corrected chi connectivity index (χ0v) is 17.9. The Morgan fingerprint density at radius 3 is 2.48 bits per heavy atom. The third-order valence-corrected chi connectivity index (χ3v) is 6.57. The molecule has 0 bridgehead atoms. The Labute approximate surface area is 183 Å². The van der Waals surface area contributed by atoms with E-state index in [-0.39, 0.29) is 5.82 Å². The molecule has 0 amide bonds. The van der Waals surface area contributed by atoms with Gasteiger partial charge >= 0.3 is 0 Å². The summed E-state index contributed by atoms with van der Waals surface area (Å²) in [6.07, 6.45) is 6.61. The fraction of sp³-hybridized carbons (Fsp3) is 0.400. The average molecular weight is 420 g/mol. The van der Waals surface area contributed by atoms with Crippen LogP contribution in [0.2, 0.25) is 0 Å². The Hall–Kier alpha value is -2.70. The fourth-order valence-corrected chi connectivity index (χ4v) is 4.93. The fourth-order valence-electron chi connectivity index (χ4n) is 4.93. The van der Waals surface area contributed by atoms with E-state index in [2.05, 4.69) is 38.1 Å². The minimum atomic E-state index is -0.115. The maximum Gasteiger partial charge on any atom is 0.146 e. The molecule has 0 saturated carbocycles. The summed E-state index contributed by atoms with van der Waals surface area (Å²) in [5.41, 5.74) is 3.09. The number of hydrogen-bond donors (Lipinski definition) is 0. The van der Waals surface area contributed by atoms with E-state index >= 15 is 0 Å². The second-order valence-electron chi connectivity index (χ2n) is 8.63. The highest BCUT2D eigenvalue weighted by Gasteiger charge is 2.28. The number of anilines is 1. The van der Waals surface area contributed by atoms with Crippen molar-refractivity contribution in [2.45, 2.75) is 25.4 Å². The van der Waals surface area contributed by atoms with Crippen molar-refractivity contribution >= 4 is 5.69 Å². The van der Waals surface area contributed by atoms with Gasteiger partial charge in [0.15, 0.2) is 0 Å². The first-order valence-electron chi connectivity index (χ1n) is 11.3. The maximum atomic E-state index is 14.1. The number of piperidine rings is 1. The largest absolute Gasteiger partial charge is 0.367 e. The van der Waals surface area contributed by atoms with Crippen LogP contribution in [0.15, 0.2) is 67.0 Å². The van der Waals surface area contributed by atoms with Gasteiger partial charge in [0.25, 0.3) is 0 Å². The molecule has 162 valence electrons. The molecule has 1 aromatic heterocycles. The van der Waals surface area contributed by atoms with Gasteiger partial charge < -0.3 is 4.90 Å². The lowest BCUT2D eigenvalue weighted by atomic mass is 10.0. The van der Waals surface area contributed by atoms with Crippen molar-refractivity contribution in [2.75, 3.05) is 44.2 Å². The molecule has 2 aliphatic heterocycles. The molecule has 31 heavy (non-hydrogen) atoms. The molecular formula is C25H30FN5. The topological polar surface area (TPSA) is 27.5 Å². The number of likely N-dealkylation sites (tertiary alicyclic amines) is 1. The Morgan fingerprint density at radius 2 is 1.68 bits per heavy atom. The molecule has 3 heterocycles. The summed E-state index contributed by atoms with van der Waals surface area (Å²) in [6, 6.07) is 18.0. The van der Waals surface area contributed by atoms with Gasteiger partial charge in [0, 0.05) is 57.1 Å². The minimum Gasteiger partial charge on any atom is -0.367 e. The Bertz CT molecular complexity index is 980. The van der Waals surface area contributed by atoms with E-state index in [1.54, 1.807) is 12.1 Å². The second-order valence-corrected chi connectivity index (χ2v) is 8.63. The van der Waals surface area contributed by atoms with Crippen LogP contribution < -0.4 is 4.90 Å². The lowest BCUT2D eigenvalue weighted by Gasteiger charge is -2.44. The van der Waals surface area contributed by atoms with Gasteiger partial charge in [-0.3, -0.25) is 9.80 Å². The van der Waals surface area contributed by atoms with Gasteiger partial charge in [0.1, 0.15) is 5.82 Å². The van der Waals surface area contributed by atoms with E-state index in [0.717, 1.165) is 57.2 Å². The van der Waals surface area contributed by atoms with Crippen LogP contribution >= 0.6 is 0 Å². The average Bonchev–Trinajstić information content (AvgIpc) is 3.29. The van der Waals surface area contributed by atoms with Crippen LogP contribution in [0, 0.1) is 5.82 Å². The lowest BCUT2D eigenvalue weighted by Crippen LogP contribution is -2.55. The number of nitrogens with zero attached hydrogens (tertiary/aromatic N) is 5. The number of halogens is 1. The van der Waals surface area contributed by atoms with Gasteiger partial charge in [-0.1, -0.05) is 30.3 Å². The molecule has 0 unspecified atom stereocenters. The zero-order chi connectivity index (χ0) is 21.0. The van der Waals surface area contributed by atoms with E-state index < -0.39 is 0 Å². The summed E-state index contributed by atoms with van der Waals surface area (Å²) in [5.74, 6) is -0.115. The quantitative estimate of drug-likeness (QED) is 0.629. The number of rotatable bonds is 5. The number of aromatic nitrogens is 2. The first-order chi connectivity index (χ1) is 15.3. The van der Waals surface area contributed by atoms with E-state index in [0.29, 0.717) is 6.04 Å². The molecule has 5 nitrogen and oxygen atoms in total. The van der Waals surface area contributed by atoms with Crippen LogP contribution in [-0.4, -0.2) is 64.9 Å². The summed E-state index contributed by atoms with van der Waals surface area (Å²) < 4.78 is 16.1. The van der Waals surface area contributed by atoms with Gasteiger partial charge in [-0.15, -0.1) is 0 Å². The highest BCUT2D eigenvalue weighted by molar-refractivity contribution is 5.48. The molecular weight excluding hydrogens is 389 g/mol. The van der Waals surface area contributed by atoms with Gasteiger partial charge in [0.05, 0.1) is 17.6 Å². The van der Waals surface area contributed by atoms with Crippen molar-refractivity contribution in [3.8, 4) is 5.69 Å². The molecule has 2 aromatic carbocycles. The van der Waals surface area contributed by atoms with Crippen LogP contribution in [0.3, 0.4) is 0 Å². The predicted molar refractivity (Wildman–Crippen MR) is 122 cm³/mol. The first-order valence-corrected chi connectivity index (χ1v) is 11.3. The number of hydrogen-bond acceptors (Lipinski definition) is 4. The predicted octanol–water partition coefficient (Wildman–Crippen LogP) is 3.80. The molecule has 6 heteroatoms. The zero-order valence-electron chi connectivity index (χ0n) is 17.9. The van der Waals surface area contributed by atoms with Crippen LogP contribution in [0.4, 0.5) is 10.1 Å². The van der Waals surface area contributed by atoms with Gasteiger partial charge in [-0.05, 0) is 43.7 Å². The normalized spacial score (nSPS) is 20.8. The summed E-state index contributed by atoms with van der Waals surface area (Å²) >= 11 is 0. The van der Waals surface area contributed by atoms with Crippen LogP contribution in [0.25, 0.3) is 5.69 Å². The van der Waals surface area contributed by atoms with Crippen LogP contribution in [-0.2, 0) is 6.54 Å². The highest BCUT2D eigenvalue weighted by atomic mass is 19.1. The van der Waals surface area contributed by atoms with Crippen molar-refractivity contribution in [1.29, 1.82) is 0 Å². The minimum absolute atomic E-state index is 0.115. The molecule has 1 atom stereocenters. The first kappa shape index (κ1) is 20.2. The Morgan fingerprint density at radius 1 is 0.903 bits per heavy atom. The molecule has 3 aromatic rings. The standard InChI is InChI=1S/C25H30FN5/c26-24-10-4-5-11-25(24)30-15-13-29(14-16-30)23-9-6-12-28(20-23)18-21-17-27-31(19-21)22-7-2-1-3-8-22/h1-5,7-8,10-11,17,19,23H,6,9,12-16,18,20H2/t23-/m1/s1. The summed E-state index contributed by atoms with van der Waals surface area (Å²) in [5, 5.41) is 4.55. The van der Waals surface area contributed by atoms with Crippen molar-refractivity contribution in [1.82, 2.24) is 19.6 Å². The third-order valence-electron chi connectivity index (χ3n) is 6.57. The summed E-state index contributed by atoms with van der Waals surface area (Å²) in [7, 11) is 0.